The number of halogens is 5. The molecular formula is C10H5F5N2O2. The molecule has 0 aliphatic rings. The van der Waals surface area contributed by atoms with Crippen LogP contribution in [0.25, 0.3) is 0 Å². The third-order valence-corrected chi connectivity index (χ3v) is 2.07. The number of hydrogen-bond acceptors (Lipinski definition) is 3. The number of alkyl halides is 5. The van der Waals surface area contributed by atoms with Gasteiger partial charge < -0.3 is 5.11 Å². The molecule has 0 bridgehead atoms. The smallest absolute Gasteiger partial charge is 0.417 e. The highest BCUT2D eigenvalue weighted by Crippen LogP contribution is 2.37. The first kappa shape index (κ1) is 14.8. The molecule has 0 unspecified atom stereocenters. The van der Waals surface area contributed by atoms with E-state index in [9.17, 15) is 26.7 Å². The number of hydrogen-bond donors (Lipinski definition) is 1. The van der Waals surface area contributed by atoms with Gasteiger partial charge in [-0.1, -0.05) is 0 Å². The molecule has 0 fully saturated rings. The zero-order chi connectivity index (χ0) is 14.8. The molecule has 1 rings (SSSR count). The lowest BCUT2D eigenvalue weighted by atomic mass is 10.0. The Labute approximate surface area is 103 Å². The highest BCUT2D eigenvalue weighted by atomic mass is 19.4. The van der Waals surface area contributed by atoms with E-state index in [1.54, 1.807) is 0 Å². The van der Waals surface area contributed by atoms with E-state index >= 15 is 0 Å². The fourth-order valence-electron chi connectivity index (χ4n) is 1.39. The van der Waals surface area contributed by atoms with Gasteiger partial charge >= 0.3 is 12.1 Å². The summed E-state index contributed by atoms with van der Waals surface area (Å²) in [5, 5.41) is 17.0. The SMILES string of the molecule is N#Cc1nc(CC(=O)O)cc(C(F)(F)F)c1C(F)F. The van der Waals surface area contributed by atoms with Crippen molar-refractivity contribution in [1.29, 1.82) is 5.26 Å². The zero-order valence-corrected chi connectivity index (χ0v) is 9.00. The Balaban J connectivity index is 3.56. The minimum atomic E-state index is -5.13. The number of carbonyl (C=O) groups is 1. The van der Waals surface area contributed by atoms with E-state index in [0.717, 1.165) is 6.07 Å². The van der Waals surface area contributed by atoms with Crippen LogP contribution in [0.1, 0.15) is 28.9 Å². The first-order valence-corrected chi connectivity index (χ1v) is 4.68. The number of nitriles is 1. The second-order valence-electron chi connectivity index (χ2n) is 3.40. The molecule has 0 atom stereocenters. The summed E-state index contributed by atoms with van der Waals surface area (Å²) in [5.74, 6) is -1.49. The van der Waals surface area contributed by atoms with Crippen LogP contribution < -0.4 is 0 Å². The van der Waals surface area contributed by atoms with Crippen molar-refractivity contribution < 1.29 is 31.9 Å². The summed E-state index contributed by atoms with van der Waals surface area (Å²) in [6.45, 7) is 0. The van der Waals surface area contributed by atoms with Crippen LogP contribution in [0, 0.1) is 11.3 Å². The molecule has 1 N–H and O–H groups in total. The van der Waals surface area contributed by atoms with Gasteiger partial charge in [0, 0.05) is 0 Å². The summed E-state index contributed by atoms with van der Waals surface area (Å²) >= 11 is 0. The fraction of sp³-hybridized carbons (Fsp3) is 0.300. The van der Waals surface area contributed by atoms with Crippen LogP contribution >= 0.6 is 0 Å². The topological polar surface area (TPSA) is 74.0 Å². The number of nitrogens with zero attached hydrogens (tertiary/aromatic N) is 2. The van der Waals surface area contributed by atoms with E-state index in [-0.39, 0.29) is 6.07 Å². The standard InChI is InChI=1S/C10H5F5N2O2/c11-9(12)8-5(10(13,14)15)1-4(2-7(18)19)17-6(8)3-16/h1,9H,2H2,(H,18,19). The van der Waals surface area contributed by atoms with Gasteiger partial charge in [-0.05, 0) is 6.07 Å². The van der Waals surface area contributed by atoms with Crippen molar-refractivity contribution in [2.24, 2.45) is 0 Å². The molecule has 0 aromatic carbocycles. The van der Waals surface area contributed by atoms with Gasteiger partial charge in [0.15, 0.2) is 0 Å². The Bertz CT molecular complexity index is 548. The molecule has 1 aromatic heterocycles. The van der Waals surface area contributed by atoms with Crippen molar-refractivity contribution in [3.63, 3.8) is 0 Å². The van der Waals surface area contributed by atoms with Crippen LogP contribution in [0.5, 0.6) is 0 Å². The molecule has 1 aromatic rings. The van der Waals surface area contributed by atoms with Gasteiger partial charge in [0.05, 0.1) is 23.2 Å². The number of rotatable bonds is 3. The Hall–Kier alpha value is -2.24. The van der Waals surface area contributed by atoms with Crippen molar-refractivity contribution >= 4 is 5.97 Å². The lowest BCUT2D eigenvalue weighted by molar-refractivity contribution is -0.140. The minimum absolute atomic E-state index is 0.219. The maximum absolute atomic E-state index is 12.6. The average Bonchev–Trinajstić information content (AvgIpc) is 2.25. The van der Waals surface area contributed by atoms with Crippen LogP contribution in [0.15, 0.2) is 6.07 Å². The lowest BCUT2D eigenvalue weighted by Crippen LogP contribution is -2.15. The van der Waals surface area contributed by atoms with Crippen LogP contribution in [-0.2, 0) is 17.4 Å². The zero-order valence-electron chi connectivity index (χ0n) is 9.00. The Morgan fingerprint density at radius 2 is 2.05 bits per heavy atom. The van der Waals surface area contributed by atoms with E-state index in [2.05, 4.69) is 4.98 Å². The van der Waals surface area contributed by atoms with Crippen LogP contribution in [0.3, 0.4) is 0 Å². The van der Waals surface area contributed by atoms with Crippen molar-refractivity contribution in [2.75, 3.05) is 0 Å². The van der Waals surface area contributed by atoms with E-state index < -0.39 is 47.5 Å². The molecule has 0 spiro atoms. The summed E-state index contributed by atoms with van der Waals surface area (Å²) < 4.78 is 63.1. The molecule has 0 aliphatic carbocycles. The molecule has 0 aliphatic heterocycles. The first-order valence-electron chi connectivity index (χ1n) is 4.68. The second-order valence-corrected chi connectivity index (χ2v) is 3.40. The predicted octanol–water partition coefficient (Wildman–Crippen LogP) is 2.54. The van der Waals surface area contributed by atoms with Gasteiger partial charge in [-0.2, -0.15) is 18.4 Å². The summed E-state index contributed by atoms with van der Waals surface area (Å²) in [4.78, 5) is 13.6. The maximum atomic E-state index is 12.6. The summed E-state index contributed by atoms with van der Waals surface area (Å²) in [6, 6.07) is 1.34. The molecule has 0 amide bonds. The van der Waals surface area contributed by atoms with Crippen LogP contribution in [0.4, 0.5) is 22.0 Å². The average molecular weight is 280 g/mol. The molecule has 1 heterocycles. The summed E-state index contributed by atoms with van der Waals surface area (Å²) in [7, 11) is 0. The third kappa shape index (κ3) is 3.37. The normalized spacial score (nSPS) is 11.4. The van der Waals surface area contributed by atoms with E-state index in [1.165, 1.54) is 0 Å². The monoisotopic (exact) mass is 280 g/mol. The maximum Gasteiger partial charge on any atom is 0.417 e. The van der Waals surface area contributed by atoms with Gasteiger partial charge in [-0.3, -0.25) is 4.79 Å². The molecule has 0 saturated carbocycles. The van der Waals surface area contributed by atoms with E-state index in [0.29, 0.717) is 0 Å². The molecule has 0 radical (unpaired) electrons. The Morgan fingerprint density at radius 3 is 2.42 bits per heavy atom. The quantitative estimate of drug-likeness (QED) is 0.863. The van der Waals surface area contributed by atoms with Crippen molar-refractivity contribution in [3.8, 4) is 6.07 Å². The van der Waals surface area contributed by atoms with Gasteiger partial charge in [0.1, 0.15) is 11.8 Å². The highest BCUT2D eigenvalue weighted by molar-refractivity contribution is 5.69. The third-order valence-electron chi connectivity index (χ3n) is 2.07. The lowest BCUT2D eigenvalue weighted by Gasteiger charge is -2.14. The molecule has 0 saturated heterocycles. The van der Waals surface area contributed by atoms with Crippen LogP contribution in [0.2, 0.25) is 0 Å². The largest absolute Gasteiger partial charge is 0.481 e. The number of aliphatic carboxylic acids is 1. The van der Waals surface area contributed by atoms with Gasteiger partial charge in [-0.15, -0.1) is 0 Å². The first-order chi connectivity index (χ1) is 8.66. The Morgan fingerprint density at radius 1 is 1.47 bits per heavy atom. The van der Waals surface area contributed by atoms with E-state index in [1.807, 2.05) is 0 Å². The summed E-state index contributed by atoms with van der Waals surface area (Å²) in [6.07, 6.45) is -9.58. The molecule has 19 heavy (non-hydrogen) atoms. The van der Waals surface area contributed by atoms with Crippen molar-refractivity contribution in [1.82, 2.24) is 4.98 Å². The molecule has 102 valence electrons. The summed E-state index contributed by atoms with van der Waals surface area (Å²) in [5.41, 5.74) is -5.02. The van der Waals surface area contributed by atoms with Crippen molar-refractivity contribution in [2.45, 2.75) is 19.0 Å². The van der Waals surface area contributed by atoms with Crippen molar-refractivity contribution in [3.05, 3.63) is 28.6 Å². The van der Waals surface area contributed by atoms with E-state index in [4.69, 9.17) is 10.4 Å². The minimum Gasteiger partial charge on any atom is -0.481 e. The number of pyridine rings is 1. The second kappa shape index (κ2) is 5.17. The molecule has 4 nitrogen and oxygen atoms in total. The highest BCUT2D eigenvalue weighted by Gasteiger charge is 2.38. The number of carboxylic acid groups (broad SMARTS) is 1. The van der Waals surface area contributed by atoms with Gasteiger partial charge in [-0.25, -0.2) is 13.8 Å². The Kier molecular flexibility index (Phi) is 4.04. The molecule has 9 heteroatoms. The molecular weight excluding hydrogens is 275 g/mol. The predicted molar refractivity (Wildman–Crippen MR) is 50.3 cm³/mol. The van der Waals surface area contributed by atoms with Gasteiger partial charge in [0.25, 0.3) is 6.43 Å². The number of aromatic nitrogens is 1. The number of carboxylic acids is 1. The van der Waals surface area contributed by atoms with Gasteiger partial charge in [0.2, 0.25) is 0 Å². The fourth-order valence-corrected chi connectivity index (χ4v) is 1.39. The van der Waals surface area contributed by atoms with Crippen LogP contribution in [-0.4, -0.2) is 16.1 Å².